The third-order valence-electron chi connectivity index (χ3n) is 4.52. The predicted molar refractivity (Wildman–Crippen MR) is 99.9 cm³/mol. The van der Waals surface area contributed by atoms with Gasteiger partial charge in [-0.2, -0.15) is 0 Å². The molecule has 26 heavy (non-hydrogen) atoms. The second kappa shape index (κ2) is 9.23. The molecule has 0 radical (unpaired) electrons. The fourth-order valence-corrected chi connectivity index (χ4v) is 4.05. The fraction of sp³-hybridized carbons (Fsp3) is 0.611. The number of carbonyl (C=O) groups excluding carboxylic acids is 1. The van der Waals surface area contributed by atoms with Crippen LogP contribution in [0.4, 0.5) is 0 Å². The monoisotopic (exact) mass is 378 g/mol. The number of thioether (sulfide) groups is 1. The van der Waals surface area contributed by atoms with Gasteiger partial charge in [-0.25, -0.2) is 0 Å². The summed E-state index contributed by atoms with van der Waals surface area (Å²) in [5.74, 6) is 2.51. The van der Waals surface area contributed by atoms with Crippen LogP contribution < -0.4 is 0 Å². The molecule has 1 fully saturated rings. The first-order chi connectivity index (χ1) is 12.7. The summed E-state index contributed by atoms with van der Waals surface area (Å²) in [6.07, 6.45) is 4.76. The Morgan fingerprint density at radius 3 is 3.08 bits per heavy atom. The Hall–Kier alpha value is -1.80. The van der Waals surface area contributed by atoms with Gasteiger partial charge >= 0.3 is 0 Å². The number of methoxy groups -OCH3 is 1. The number of piperidine rings is 1. The van der Waals surface area contributed by atoms with Gasteiger partial charge in [0.15, 0.2) is 16.7 Å². The van der Waals surface area contributed by atoms with Crippen LogP contribution >= 0.6 is 11.8 Å². The molecule has 1 unspecified atom stereocenters. The molecule has 0 N–H and O–H groups in total. The molecule has 1 aliphatic heterocycles. The van der Waals surface area contributed by atoms with Crippen molar-refractivity contribution in [2.45, 2.75) is 37.9 Å². The fourth-order valence-electron chi connectivity index (χ4n) is 3.19. The number of rotatable bonds is 8. The number of nitrogens with zero attached hydrogens (tertiary/aromatic N) is 4. The predicted octanol–water partition coefficient (Wildman–Crippen LogP) is 2.93. The van der Waals surface area contributed by atoms with Crippen LogP contribution in [0.3, 0.4) is 0 Å². The van der Waals surface area contributed by atoms with Crippen molar-refractivity contribution in [1.29, 1.82) is 0 Å². The molecule has 2 aromatic rings. The van der Waals surface area contributed by atoms with Crippen molar-refractivity contribution in [1.82, 2.24) is 19.7 Å². The summed E-state index contributed by atoms with van der Waals surface area (Å²) < 4.78 is 12.6. The van der Waals surface area contributed by atoms with Gasteiger partial charge in [0.25, 0.3) is 0 Å². The average molecular weight is 378 g/mol. The summed E-state index contributed by atoms with van der Waals surface area (Å²) in [5.41, 5.74) is 0. The van der Waals surface area contributed by atoms with Crippen molar-refractivity contribution < 1.29 is 13.9 Å². The van der Waals surface area contributed by atoms with E-state index in [-0.39, 0.29) is 5.91 Å². The largest absolute Gasteiger partial charge is 0.461 e. The molecule has 0 spiro atoms. The second-order valence-electron chi connectivity index (χ2n) is 6.66. The van der Waals surface area contributed by atoms with Gasteiger partial charge in [-0.15, -0.1) is 10.2 Å². The normalized spacial score (nSPS) is 17.6. The minimum atomic E-state index is 0.174. The highest BCUT2D eigenvalue weighted by molar-refractivity contribution is 7.99. The molecule has 1 aliphatic rings. The van der Waals surface area contributed by atoms with Crippen LogP contribution in [0.5, 0.6) is 0 Å². The van der Waals surface area contributed by atoms with E-state index in [0.29, 0.717) is 36.4 Å². The van der Waals surface area contributed by atoms with E-state index in [2.05, 4.69) is 17.1 Å². The quantitative estimate of drug-likeness (QED) is 0.519. The zero-order valence-electron chi connectivity index (χ0n) is 15.4. The Kier molecular flexibility index (Phi) is 6.73. The molecule has 7 nitrogen and oxygen atoms in total. The van der Waals surface area contributed by atoms with E-state index in [1.165, 1.54) is 18.2 Å². The molecule has 8 heteroatoms. The lowest BCUT2D eigenvalue weighted by Crippen LogP contribution is -2.40. The lowest BCUT2D eigenvalue weighted by atomic mass is 10.0. The Labute approximate surface area is 158 Å². The average Bonchev–Trinajstić information content (AvgIpc) is 3.29. The van der Waals surface area contributed by atoms with Crippen LogP contribution in [0.1, 0.15) is 26.2 Å². The first-order valence-electron chi connectivity index (χ1n) is 9.05. The number of aromatic nitrogens is 3. The standard InChI is InChI=1S/C18H26N4O3S/c1-14-6-3-8-21(12-14)16(23)13-26-18-20-19-17(15-7-4-11-25-15)22(18)9-5-10-24-2/h4,7,11,14H,3,5-6,8-10,12-13H2,1-2H3. The molecule has 0 bridgehead atoms. The van der Waals surface area contributed by atoms with Crippen LogP contribution in [0, 0.1) is 5.92 Å². The molecule has 2 aromatic heterocycles. The maximum absolute atomic E-state index is 12.5. The van der Waals surface area contributed by atoms with E-state index in [1.54, 1.807) is 13.4 Å². The number of amides is 1. The van der Waals surface area contributed by atoms with Gasteiger partial charge in [0.05, 0.1) is 12.0 Å². The van der Waals surface area contributed by atoms with Crippen LogP contribution in [0.2, 0.25) is 0 Å². The summed E-state index contributed by atoms with van der Waals surface area (Å²) in [7, 11) is 1.69. The van der Waals surface area contributed by atoms with Crippen molar-refractivity contribution in [3.8, 4) is 11.6 Å². The van der Waals surface area contributed by atoms with Crippen molar-refractivity contribution in [2.24, 2.45) is 5.92 Å². The van der Waals surface area contributed by atoms with Gasteiger partial charge < -0.3 is 14.1 Å². The van der Waals surface area contributed by atoms with Crippen molar-refractivity contribution >= 4 is 17.7 Å². The van der Waals surface area contributed by atoms with Crippen molar-refractivity contribution in [3.63, 3.8) is 0 Å². The van der Waals surface area contributed by atoms with Crippen molar-refractivity contribution in [2.75, 3.05) is 32.6 Å². The topological polar surface area (TPSA) is 73.4 Å². The first kappa shape index (κ1) is 19.0. The van der Waals surface area contributed by atoms with E-state index in [1.807, 2.05) is 21.6 Å². The highest BCUT2D eigenvalue weighted by Crippen LogP contribution is 2.25. The Balaban J connectivity index is 1.67. The van der Waals surface area contributed by atoms with Crippen molar-refractivity contribution in [3.05, 3.63) is 18.4 Å². The van der Waals surface area contributed by atoms with E-state index >= 15 is 0 Å². The summed E-state index contributed by atoms with van der Waals surface area (Å²) >= 11 is 1.44. The number of hydrogen-bond donors (Lipinski definition) is 0. The summed E-state index contributed by atoms with van der Waals surface area (Å²) in [6.45, 7) is 5.30. The molecule has 3 rings (SSSR count). The molecular formula is C18H26N4O3S. The minimum absolute atomic E-state index is 0.174. The lowest BCUT2D eigenvalue weighted by molar-refractivity contribution is -0.130. The van der Waals surface area contributed by atoms with Crippen LogP contribution in [-0.2, 0) is 16.1 Å². The Bertz CT molecular complexity index is 701. The van der Waals surface area contributed by atoms with E-state index in [9.17, 15) is 4.79 Å². The number of carbonyl (C=O) groups is 1. The van der Waals surface area contributed by atoms with Gasteiger partial charge in [0.1, 0.15) is 0 Å². The number of likely N-dealkylation sites (tertiary alicyclic amines) is 1. The summed E-state index contributed by atoms with van der Waals surface area (Å²) in [5, 5.41) is 9.30. The first-order valence-corrected chi connectivity index (χ1v) is 10.0. The molecule has 0 saturated carbocycles. The van der Waals surface area contributed by atoms with Gasteiger partial charge in [0, 0.05) is 33.4 Å². The lowest BCUT2D eigenvalue weighted by Gasteiger charge is -2.30. The maximum atomic E-state index is 12.5. The van der Waals surface area contributed by atoms with E-state index in [0.717, 1.165) is 31.1 Å². The zero-order valence-corrected chi connectivity index (χ0v) is 16.2. The Morgan fingerprint density at radius 1 is 1.46 bits per heavy atom. The van der Waals surface area contributed by atoms with Gasteiger partial charge in [-0.1, -0.05) is 18.7 Å². The van der Waals surface area contributed by atoms with Gasteiger partial charge in [0.2, 0.25) is 5.91 Å². The number of hydrogen-bond acceptors (Lipinski definition) is 6. The van der Waals surface area contributed by atoms with Crippen LogP contribution in [0.25, 0.3) is 11.6 Å². The van der Waals surface area contributed by atoms with E-state index < -0.39 is 0 Å². The van der Waals surface area contributed by atoms with Crippen LogP contribution in [-0.4, -0.2) is 58.1 Å². The minimum Gasteiger partial charge on any atom is -0.461 e. The smallest absolute Gasteiger partial charge is 0.233 e. The molecular weight excluding hydrogens is 352 g/mol. The van der Waals surface area contributed by atoms with E-state index in [4.69, 9.17) is 9.15 Å². The number of ether oxygens (including phenoxy) is 1. The third-order valence-corrected chi connectivity index (χ3v) is 5.47. The Morgan fingerprint density at radius 2 is 2.35 bits per heavy atom. The molecule has 1 atom stereocenters. The summed E-state index contributed by atoms with van der Waals surface area (Å²) in [4.78, 5) is 14.5. The third kappa shape index (κ3) is 4.67. The molecule has 1 saturated heterocycles. The molecule has 3 heterocycles. The maximum Gasteiger partial charge on any atom is 0.233 e. The highest BCUT2D eigenvalue weighted by atomic mass is 32.2. The molecule has 0 aliphatic carbocycles. The summed E-state index contributed by atoms with van der Waals surface area (Å²) in [6, 6.07) is 3.70. The van der Waals surface area contributed by atoms with Gasteiger partial charge in [-0.3, -0.25) is 9.36 Å². The highest BCUT2D eigenvalue weighted by Gasteiger charge is 2.22. The van der Waals surface area contributed by atoms with Gasteiger partial charge in [-0.05, 0) is 37.3 Å². The molecule has 0 aromatic carbocycles. The molecule has 142 valence electrons. The van der Waals surface area contributed by atoms with Crippen LogP contribution in [0.15, 0.2) is 28.0 Å². The zero-order chi connectivity index (χ0) is 18.4. The molecule has 1 amide bonds. The SMILES string of the molecule is COCCCn1c(SCC(=O)N2CCCC(C)C2)nnc1-c1ccco1. The second-order valence-corrected chi connectivity index (χ2v) is 7.60. The number of furan rings is 1.